The maximum atomic E-state index is 6.28. The van der Waals surface area contributed by atoms with Gasteiger partial charge in [0.05, 0.1) is 18.8 Å². The molecule has 1 aromatic heterocycles. The van der Waals surface area contributed by atoms with Gasteiger partial charge in [-0.3, -0.25) is 4.98 Å². The summed E-state index contributed by atoms with van der Waals surface area (Å²) in [5.74, 6) is 0.708. The number of pyridine rings is 1. The van der Waals surface area contributed by atoms with Gasteiger partial charge in [0.1, 0.15) is 11.4 Å². The molecular formula is C13H22N2O2. The van der Waals surface area contributed by atoms with E-state index in [2.05, 4.69) is 11.9 Å². The van der Waals surface area contributed by atoms with Crippen LogP contribution >= 0.6 is 0 Å². The predicted molar refractivity (Wildman–Crippen MR) is 68.0 cm³/mol. The molecule has 0 spiro atoms. The van der Waals surface area contributed by atoms with Gasteiger partial charge >= 0.3 is 0 Å². The Morgan fingerprint density at radius 3 is 2.71 bits per heavy atom. The summed E-state index contributed by atoms with van der Waals surface area (Å²) in [5.41, 5.74) is 6.60. The Bertz CT molecular complexity index is 357. The number of aromatic nitrogens is 1. The van der Waals surface area contributed by atoms with Crippen molar-refractivity contribution >= 4 is 0 Å². The minimum absolute atomic E-state index is 0.302. The topological polar surface area (TPSA) is 57.4 Å². The molecule has 0 fully saturated rings. The molecule has 2 unspecified atom stereocenters. The number of nitrogens with zero attached hydrogens (tertiary/aromatic N) is 1. The molecule has 4 nitrogen and oxygen atoms in total. The molecule has 96 valence electrons. The minimum atomic E-state index is -0.420. The highest BCUT2D eigenvalue weighted by Gasteiger charge is 2.34. The standard InChI is InChI=1S/C13H22N2O2/c1-5-13(3,17-6-2)12(14)11-10(16-4)8-7-9-15-11/h7-9,12H,5-6,14H2,1-4H3. The first kappa shape index (κ1) is 13.9. The third kappa shape index (κ3) is 2.96. The molecule has 0 aliphatic carbocycles. The summed E-state index contributed by atoms with van der Waals surface area (Å²) in [6, 6.07) is 3.40. The number of hydrogen-bond donors (Lipinski definition) is 1. The van der Waals surface area contributed by atoms with Crippen LogP contribution in [0.3, 0.4) is 0 Å². The number of ether oxygens (including phenoxy) is 2. The van der Waals surface area contributed by atoms with Gasteiger partial charge in [-0.05, 0) is 32.4 Å². The van der Waals surface area contributed by atoms with Crippen LogP contribution in [0.25, 0.3) is 0 Å². The van der Waals surface area contributed by atoms with Crippen LogP contribution in [0, 0.1) is 0 Å². The van der Waals surface area contributed by atoms with Gasteiger partial charge in [0.25, 0.3) is 0 Å². The molecule has 0 bridgehead atoms. The SMILES string of the molecule is CCOC(C)(CC)C(N)c1ncccc1OC. The number of methoxy groups -OCH3 is 1. The van der Waals surface area contributed by atoms with Gasteiger partial charge < -0.3 is 15.2 Å². The highest BCUT2D eigenvalue weighted by Crippen LogP contribution is 2.33. The first-order valence-electron chi connectivity index (χ1n) is 5.97. The van der Waals surface area contributed by atoms with Crippen LogP contribution in [0.2, 0.25) is 0 Å². The van der Waals surface area contributed by atoms with Gasteiger partial charge in [0.15, 0.2) is 0 Å². The first-order valence-corrected chi connectivity index (χ1v) is 5.97. The third-order valence-electron chi connectivity index (χ3n) is 3.15. The number of rotatable bonds is 6. The molecule has 0 aromatic carbocycles. The zero-order chi connectivity index (χ0) is 12.9. The fourth-order valence-electron chi connectivity index (χ4n) is 1.84. The summed E-state index contributed by atoms with van der Waals surface area (Å²) in [6.07, 6.45) is 2.54. The molecule has 2 N–H and O–H groups in total. The molecule has 1 heterocycles. The molecule has 1 aromatic rings. The van der Waals surface area contributed by atoms with Crippen molar-refractivity contribution in [3.8, 4) is 5.75 Å². The molecule has 0 amide bonds. The summed E-state index contributed by atoms with van der Waals surface area (Å²) >= 11 is 0. The molecule has 1 rings (SSSR count). The molecule has 0 saturated carbocycles. The van der Waals surface area contributed by atoms with Crippen LogP contribution in [0.1, 0.15) is 38.9 Å². The molecule has 4 heteroatoms. The zero-order valence-electron chi connectivity index (χ0n) is 11.1. The molecule has 0 aliphatic heterocycles. The fourth-order valence-corrected chi connectivity index (χ4v) is 1.84. The number of nitrogens with two attached hydrogens (primary N) is 1. The van der Waals surface area contributed by atoms with E-state index < -0.39 is 5.60 Å². The molecular weight excluding hydrogens is 216 g/mol. The maximum Gasteiger partial charge on any atom is 0.142 e. The van der Waals surface area contributed by atoms with E-state index >= 15 is 0 Å². The normalized spacial score (nSPS) is 16.3. The maximum absolute atomic E-state index is 6.28. The second-order valence-corrected chi connectivity index (χ2v) is 4.17. The van der Waals surface area contributed by atoms with Crippen molar-refractivity contribution < 1.29 is 9.47 Å². The Kier molecular flexibility index (Phi) is 4.90. The summed E-state index contributed by atoms with van der Waals surface area (Å²) in [4.78, 5) is 4.32. The predicted octanol–water partition coefficient (Wildman–Crippen LogP) is 2.30. The lowest BCUT2D eigenvalue weighted by Gasteiger charge is -2.34. The third-order valence-corrected chi connectivity index (χ3v) is 3.15. The second-order valence-electron chi connectivity index (χ2n) is 4.17. The minimum Gasteiger partial charge on any atom is -0.495 e. The van der Waals surface area contributed by atoms with Crippen LogP contribution in [0.4, 0.5) is 0 Å². The number of hydrogen-bond acceptors (Lipinski definition) is 4. The fraction of sp³-hybridized carbons (Fsp3) is 0.615. The molecule has 2 atom stereocenters. The van der Waals surface area contributed by atoms with E-state index in [1.807, 2.05) is 26.0 Å². The Labute approximate surface area is 103 Å². The second kappa shape index (κ2) is 5.98. The highest BCUT2D eigenvalue weighted by atomic mass is 16.5. The van der Waals surface area contributed by atoms with E-state index in [9.17, 15) is 0 Å². The van der Waals surface area contributed by atoms with Crippen LogP contribution < -0.4 is 10.5 Å². The monoisotopic (exact) mass is 238 g/mol. The Balaban J connectivity index is 3.05. The zero-order valence-corrected chi connectivity index (χ0v) is 11.1. The summed E-state index contributed by atoms with van der Waals surface area (Å²) in [5, 5.41) is 0. The van der Waals surface area contributed by atoms with Crippen molar-refractivity contribution in [3.63, 3.8) is 0 Å². The van der Waals surface area contributed by atoms with Crippen molar-refractivity contribution in [1.29, 1.82) is 0 Å². The first-order chi connectivity index (χ1) is 8.09. The lowest BCUT2D eigenvalue weighted by molar-refractivity contribution is -0.0485. The molecule has 0 saturated heterocycles. The summed E-state index contributed by atoms with van der Waals surface area (Å²) in [7, 11) is 1.62. The van der Waals surface area contributed by atoms with E-state index in [1.165, 1.54) is 0 Å². The Morgan fingerprint density at radius 2 is 2.18 bits per heavy atom. The van der Waals surface area contributed by atoms with Crippen molar-refractivity contribution in [2.75, 3.05) is 13.7 Å². The van der Waals surface area contributed by atoms with Crippen molar-refractivity contribution in [2.24, 2.45) is 5.73 Å². The quantitative estimate of drug-likeness (QED) is 0.826. The van der Waals surface area contributed by atoms with Gasteiger partial charge in [0, 0.05) is 12.8 Å². The van der Waals surface area contributed by atoms with Gasteiger partial charge in [-0.25, -0.2) is 0 Å². The van der Waals surface area contributed by atoms with Crippen LogP contribution in [0.15, 0.2) is 18.3 Å². The summed E-state index contributed by atoms with van der Waals surface area (Å²) in [6.45, 7) is 6.67. The van der Waals surface area contributed by atoms with E-state index in [4.69, 9.17) is 15.2 Å². The molecule has 17 heavy (non-hydrogen) atoms. The van der Waals surface area contributed by atoms with E-state index in [0.717, 1.165) is 12.1 Å². The van der Waals surface area contributed by atoms with Crippen LogP contribution in [0.5, 0.6) is 5.75 Å². The average molecular weight is 238 g/mol. The molecule has 0 aliphatic rings. The van der Waals surface area contributed by atoms with Gasteiger partial charge in [0.2, 0.25) is 0 Å². The Hall–Kier alpha value is -1.13. The van der Waals surface area contributed by atoms with Crippen molar-refractivity contribution in [1.82, 2.24) is 4.98 Å². The average Bonchev–Trinajstić information content (AvgIpc) is 2.38. The molecule has 0 radical (unpaired) electrons. The van der Waals surface area contributed by atoms with Gasteiger partial charge in [-0.15, -0.1) is 0 Å². The van der Waals surface area contributed by atoms with Gasteiger partial charge in [-0.2, -0.15) is 0 Å². The lowest BCUT2D eigenvalue weighted by atomic mass is 9.90. The Morgan fingerprint density at radius 1 is 1.47 bits per heavy atom. The highest BCUT2D eigenvalue weighted by molar-refractivity contribution is 5.31. The lowest BCUT2D eigenvalue weighted by Crippen LogP contribution is -2.41. The summed E-state index contributed by atoms with van der Waals surface area (Å²) < 4.78 is 11.1. The largest absolute Gasteiger partial charge is 0.495 e. The smallest absolute Gasteiger partial charge is 0.142 e. The van der Waals surface area contributed by atoms with E-state index in [-0.39, 0.29) is 6.04 Å². The van der Waals surface area contributed by atoms with Crippen molar-refractivity contribution in [2.45, 2.75) is 38.8 Å². The van der Waals surface area contributed by atoms with E-state index in [1.54, 1.807) is 13.3 Å². The van der Waals surface area contributed by atoms with E-state index in [0.29, 0.717) is 12.4 Å². The van der Waals surface area contributed by atoms with Crippen LogP contribution in [-0.4, -0.2) is 24.3 Å². The van der Waals surface area contributed by atoms with Crippen LogP contribution in [-0.2, 0) is 4.74 Å². The van der Waals surface area contributed by atoms with Gasteiger partial charge in [-0.1, -0.05) is 6.92 Å². The van der Waals surface area contributed by atoms with Crippen molar-refractivity contribution in [3.05, 3.63) is 24.0 Å².